The molecule has 2 heterocycles. The number of esters is 1. The first-order valence-corrected chi connectivity index (χ1v) is 7.57. The first-order chi connectivity index (χ1) is 12.3. The van der Waals surface area contributed by atoms with Crippen molar-refractivity contribution in [2.45, 2.75) is 13.3 Å². The molecule has 26 heavy (non-hydrogen) atoms. The van der Waals surface area contributed by atoms with Gasteiger partial charge in [-0.1, -0.05) is 0 Å². The van der Waals surface area contributed by atoms with Crippen LogP contribution in [0, 0.1) is 0 Å². The van der Waals surface area contributed by atoms with Crippen LogP contribution >= 0.6 is 0 Å². The van der Waals surface area contributed by atoms with E-state index < -0.39 is 23.5 Å². The number of ether oxygens (including phenoxy) is 2. The quantitative estimate of drug-likeness (QED) is 0.691. The van der Waals surface area contributed by atoms with Crippen molar-refractivity contribution in [3.05, 3.63) is 52.3 Å². The average Bonchev–Trinajstić information content (AvgIpc) is 3.08. The summed E-state index contributed by atoms with van der Waals surface area (Å²) in [5.74, 6) is -1.43. The Bertz CT molecular complexity index is 1010. The second kappa shape index (κ2) is 6.58. The molecule has 0 saturated heterocycles. The lowest BCUT2D eigenvalue weighted by Crippen LogP contribution is -2.21. The van der Waals surface area contributed by atoms with Crippen LogP contribution in [0.4, 0.5) is 13.2 Å². The third-order valence-corrected chi connectivity index (χ3v) is 3.55. The SMILES string of the molecule is CCOC(=O)c1c(-c2ccc[nH]2)[nH]c2ccc(OC(F)(F)F)cc2c1=O. The van der Waals surface area contributed by atoms with Crippen molar-refractivity contribution in [1.29, 1.82) is 0 Å². The highest BCUT2D eigenvalue weighted by molar-refractivity contribution is 6.00. The second-order valence-electron chi connectivity index (χ2n) is 5.26. The summed E-state index contributed by atoms with van der Waals surface area (Å²) in [6, 6.07) is 6.60. The molecular weight excluding hydrogens is 353 g/mol. The molecule has 0 aliphatic carbocycles. The molecule has 0 fully saturated rings. The van der Waals surface area contributed by atoms with Gasteiger partial charge in [-0.15, -0.1) is 13.2 Å². The van der Waals surface area contributed by atoms with Crippen LogP contribution in [-0.4, -0.2) is 28.9 Å². The number of alkyl halides is 3. The van der Waals surface area contributed by atoms with Gasteiger partial charge in [-0.3, -0.25) is 4.79 Å². The van der Waals surface area contributed by atoms with Crippen LogP contribution in [0.5, 0.6) is 5.75 Å². The summed E-state index contributed by atoms with van der Waals surface area (Å²) in [6.45, 7) is 1.62. The summed E-state index contributed by atoms with van der Waals surface area (Å²) < 4.78 is 46.0. The maximum Gasteiger partial charge on any atom is 0.573 e. The molecule has 0 radical (unpaired) electrons. The zero-order valence-electron chi connectivity index (χ0n) is 13.4. The van der Waals surface area contributed by atoms with Crippen LogP contribution in [-0.2, 0) is 4.74 Å². The van der Waals surface area contributed by atoms with Gasteiger partial charge >= 0.3 is 12.3 Å². The van der Waals surface area contributed by atoms with Gasteiger partial charge in [0.15, 0.2) is 0 Å². The lowest BCUT2D eigenvalue weighted by atomic mass is 10.1. The van der Waals surface area contributed by atoms with Gasteiger partial charge in [-0.2, -0.15) is 0 Å². The molecule has 0 saturated carbocycles. The highest BCUT2D eigenvalue weighted by Gasteiger charge is 2.31. The molecule has 0 atom stereocenters. The fraction of sp³-hybridized carbons (Fsp3) is 0.176. The minimum atomic E-state index is -4.89. The van der Waals surface area contributed by atoms with Gasteiger partial charge < -0.3 is 19.4 Å². The van der Waals surface area contributed by atoms with Crippen molar-refractivity contribution < 1.29 is 27.4 Å². The molecular formula is C17H13F3N2O4. The Morgan fingerprint density at radius 3 is 2.62 bits per heavy atom. The molecule has 9 heteroatoms. The van der Waals surface area contributed by atoms with Gasteiger partial charge in [0.2, 0.25) is 5.43 Å². The van der Waals surface area contributed by atoms with Gasteiger partial charge in [0.1, 0.15) is 11.3 Å². The molecule has 0 unspecified atom stereocenters. The second-order valence-corrected chi connectivity index (χ2v) is 5.26. The van der Waals surface area contributed by atoms with E-state index in [0.29, 0.717) is 5.69 Å². The summed E-state index contributed by atoms with van der Waals surface area (Å²) >= 11 is 0. The van der Waals surface area contributed by atoms with Crippen LogP contribution in [0.1, 0.15) is 17.3 Å². The highest BCUT2D eigenvalue weighted by atomic mass is 19.4. The van der Waals surface area contributed by atoms with Crippen LogP contribution in [0.3, 0.4) is 0 Å². The summed E-state index contributed by atoms with van der Waals surface area (Å²) in [5.41, 5.74) is -0.152. The summed E-state index contributed by atoms with van der Waals surface area (Å²) in [7, 11) is 0. The largest absolute Gasteiger partial charge is 0.573 e. The normalized spacial score (nSPS) is 11.5. The Labute approximate surface area is 144 Å². The van der Waals surface area contributed by atoms with Crippen molar-refractivity contribution in [2.75, 3.05) is 6.61 Å². The molecule has 0 aliphatic rings. The molecule has 3 aromatic rings. The Balaban J connectivity index is 2.25. The molecule has 136 valence electrons. The van der Waals surface area contributed by atoms with Gasteiger partial charge in [0, 0.05) is 6.20 Å². The number of benzene rings is 1. The zero-order chi connectivity index (χ0) is 18.9. The van der Waals surface area contributed by atoms with E-state index in [1.165, 1.54) is 6.07 Å². The van der Waals surface area contributed by atoms with E-state index in [2.05, 4.69) is 14.7 Å². The van der Waals surface area contributed by atoms with Crippen molar-refractivity contribution in [3.8, 4) is 17.1 Å². The number of aromatic nitrogens is 2. The van der Waals surface area contributed by atoms with Crippen LogP contribution in [0.25, 0.3) is 22.3 Å². The topological polar surface area (TPSA) is 84.2 Å². The monoisotopic (exact) mass is 366 g/mol. The van der Waals surface area contributed by atoms with Gasteiger partial charge in [0.25, 0.3) is 0 Å². The van der Waals surface area contributed by atoms with E-state index in [4.69, 9.17) is 4.74 Å². The number of hydrogen-bond acceptors (Lipinski definition) is 4. The fourth-order valence-corrected chi connectivity index (χ4v) is 2.55. The number of carbonyl (C=O) groups excluding carboxylic acids is 1. The minimum absolute atomic E-state index is 0.0394. The predicted octanol–water partition coefficient (Wildman–Crippen LogP) is 3.60. The number of halogens is 3. The number of pyridine rings is 1. The van der Waals surface area contributed by atoms with Crippen molar-refractivity contribution >= 4 is 16.9 Å². The summed E-state index contributed by atoms with van der Waals surface area (Å²) in [6.07, 6.45) is -3.29. The Kier molecular flexibility index (Phi) is 4.45. The summed E-state index contributed by atoms with van der Waals surface area (Å²) in [4.78, 5) is 30.9. The number of H-pyrrole nitrogens is 2. The lowest BCUT2D eigenvalue weighted by molar-refractivity contribution is -0.274. The third kappa shape index (κ3) is 3.41. The molecule has 2 N–H and O–H groups in total. The van der Waals surface area contributed by atoms with E-state index in [0.717, 1.165) is 12.1 Å². The zero-order valence-corrected chi connectivity index (χ0v) is 13.4. The summed E-state index contributed by atoms with van der Waals surface area (Å²) in [5, 5.41) is -0.120. The fourth-order valence-electron chi connectivity index (χ4n) is 2.55. The van der Waals surface area contributed by atoms with Gasteiger partial charge in [-0.25, -0.2) is 4.79 Å². The maximum atomic E-state index is 12.8. The average molecular weight is 366 g/mol. The molecule has 0 spiro atoms. The molecule has 1 aromatic carbocycles. The number of rotatable bonds is 4. The molecule has 6 nitrogen and oxygen atoms in total. The van der Waals surface area contributed by atoms with Crippen molar-refractivity contribution in [1.82, 2.24) is 9.97 Å². The van der Waals surface area contributed by atoms with E-state index >= 15 is 0 Å². The van der Waals surface area contributed by atoms with E-state index in [9.17, 15) is 22.8 Å². The number of nitrogens with one attached hydrogen (secondary N) is 2. The Morgan fingerprint density at radius 2 is 2.00 bits per heavy atom. The Morgan fingerprint density at radius 1 is 1.23 bits per heavy atom. The molecule has 0 bridgehead atoms. The minimum Gasteiger partial charge on any atom is -0.462 e. The Hall–Kier alpha value is -3.23. The molecule has 3 rings (SSSR count). The predicted molar refractivity (Wildman–Crippen MR) is 87.0 cm³/mol. The first kappa shape index (κ1) is 17.6. The lowest BCUT2D eigenvalue weighted by Gasteiger charge is -2.12. The maximum absolute atomic E-state index is 12.8. The third-order valence-electron chi connectivity index (χ3n) is 3.55. The number of aromatic amines is 2. The van der Waals surface area contributed by atoms with Crippen LogP contribution in [0.2, 0.25) is 0 Å². The van der Waals surface area contributed by atoms with E-state index in [1.807, 2.05) is 0 Å². The number of carbonyl (C=O) groups is 1. The number of fused-ring (bicyclic) bond motifs is 1. The molecule has 0 amide bonds. The highest BCUT2D eigenvalue weighted by Crippen LogP contribution is 2.27. The van der Waals surface area contributed by atoms with E-state index in [-0.39, 0.29) is 28.8 Å². The molecule has 0 aliphatic heterocycles. The molecule has 2 aromatic heterocycles. The van der Waals surface area contributed by atoms with Crippen LogP contribution < -0.4 is 10.2 Å². The van der Waals surface area contributed by atoms with Gasteiger partial charge in [-0.05, 0) is 37.3 Å². The van der Waals surface area contributed by atoms with Gasteiger partial charge in [0.05, 0.1) is 28.9 Å². The van der Waals surface area contributed by atoms with Crippen molar-refractivity contribution in [2.24, 2.45) is 0 Å². The smallest absolute Gasteiger partial charge is 0.462 e. The van der Waals surface area contributed by atoms with Crippen molar-refractivity contribution in [3.63, 3.8) is 0 Å². The van der Waals surface area contributed by atoms with Crippen LogP contribution in [0.15, 0.2) is 41.3 Å². The number of hydrogen-bond donors (Lipinski definition) is 2. The first-order valence-electron chi connectivity index (χ1n) is 7.57. The van der Waals surface area contributed by atoms with E-state index in [1.54, 1.807) is 25.3 Å². The standard InChI is InChI=1S/C17H13F3N2O4/c1-2-25-16(24)13-14(12-4-3-7-21-12)22-11-6-5-9(26-17(18,19)20)8-10(11)15(13)23/h3-8,21H,2H2,1H3,(H,22,23).